The molecular formula is C21H44ClNO2. The third kappa shape index (κ3) is 18.5. The normalized spacial score (nSPS) is 11.8. The molecule has 0 unspecified atom stereocenters. The van der Waals surface area contributed by atoms with Gasteiger partial charge in [-0.25, -0.2) is 0 Å². The number of allylic oxidation sites excluding steroid dienone is 2. The minimum atomic E-state index is -0.777. The maximum Gasteiger partial charge on any atom is 0.0633 e. The molecule has 0 aliphatic heterocycles. The van der Waals surface area contributed by atoms with Gasteiger partial charge in [0.15, 0.2) is 0 Å². The van der Waals surface area contributed by atoms with Gasteiger partial charge in [-0.2, -0.15) is 0 Å². The van der Waals surface area contributed by atoms with Crippen molar-refractivity contribution in [1.29, 1.82) is 0 Å². The van der Waals surface area contributed by atoms with Crippen LogP contribution in [0.3, 0.4) is 0 Å². The smallest absolute Gasteiger partial charge is 0.0633 e. The molecule has 0 amide bonds. The highest BCUT2D eigenvalue weighted by Crippen LogP contribution is 2.14. The maximum atomic E-state index is 9.12. The van der Waals surface area contributed by atoms with E-state index in [0.717, 1.165) is 12.8 Å². The lowest BCUT2D eigenvalue weighted by atomic mass is 9.94. The first-order valence-electron chi connectivity index (χ1n) is 10.3. The molecule has 0 aliphatic carbocycles. The van der Waals surface area contributed by atoms with Crippen molar-refractivity contribution in [3.05, 3.63) is 12.2 Å². The first-order chi connectivity index (χ1) is 11.7. The summed E-state index contributed by atoms with van der Waals surface area (Å²) in [6.45, 7) is 2.00. The third-order valence-corrected chi connectivity index (χ3v) is 4.82. The van der Waals surface area contributed by atoms with E-state index < -0.39 is 5.54 Å². The first kappa shape index (κ1) is 27.1. The molecule has 0 aliphatic rings. The monoisotopic (exact) mass is 377 g/mol. The molecule has 4 N–H and O–H groups in total. The quantitative estimate of drug-likeness (QED) is 0.217. The molecule has 3 nitrogen and oxygen atoms in total. The van der Waals surface area contributed by atoms with Gasteiger partial charge in [0.25, 0.3) is 0 Å². The Morgan fingerprint density at radius 2 is 1.08 bits per heavy atom. The minimum absolute atomic E-state index is 0. The Labute approximate surface area is 162 Å². The third-order valence-electron chi connectivity index (χ3n) is 4.82. The Kier molecular flexibility index (Phi) is 21.9. The zero-order chi connectivity index (χ0) is 17.9. The summed E-state index contributed by atoms with van der Waals surface area (Å²) in [6.07, 6.45) is 23.4. The zero-order valence-electron chi connectivity index (χ0n) is 16.6. The first-order valence-corrected chi connectivity index (χ1v) is 10.3. The highest BCUT2D eigenvalue weighted by atomic mass is 35.5. The molecule has 0 radical (unpaired) electrons. The van der Waals surface area contributed by atoms with Crippen molar-refractivity contribution in [2.75, 3.05) is 13.2 Å². The van der Waals surface area contributed by atoms with E-state index in [1.165, 1.54) is 77.0 Å². The fourth-order valence-electron chi connectivity index (χ4n) is 2.93. The van der Waals surface area contributed by atoms with Crippen LogP contribution in [0.4, 0.5) is 0 Å². The summed E-state index contributed by atoms with van der Waals surface area (Å²) >= 11 is 0. The summed E-state index contributed by atoms with van der Waals surface area (Å²) in [4.78, 5) is 0. The molecule has 0 saturated heterocycles. The van der Waals surface area contributed by atoms with E-state index in [-0.39, 0.29) is 25.6 Å². The van der Waals surface area contributed by atoms with Crippen LogP contribution >= 0.6 is 12.4 Å². The van der Waals surface area contributed by atoms with Gasteiger partial charge in [0.2, 0.25) is 0 Å². The van der Waals surface area contributed by atoms with Crippen LogP contribution in [0, 0.1) is 0 Å². The molecule has 0 saturated carbocycles. The van der Waals surface area contributed by atoms with Gasteiger partial charge in [-0.1, -0.05) is 83.3 Å². The Morgan fingerprint density at radius 3 is 1.52 bits per heavy atom. The SMILES string of the molecule is CCCCCCCCC=CCCCCCCCCC(N)(CO)CO.Cl. The molecule has 25 heavy (non-hydrogen) atoms. The number of hydrogen-bond acceptors (Lipinski definition) is 3. The number of aliphatic hydroxyl groups excluding tert-OH is 2. The van der Waals surface area contributed by atoms with E-state index >= 15 is 0 Å². The Morgan fingerprint density at radius 1 is 0.680 bits per heavy atom. The van der Waals surface area contributed by atoms with Gasteiger partial charge in [0.05, 0.1) is 18.8 Å². The van der Waals surface area contributed by atoms with E-state index in [1.54, 1.807) is 0 Å². The number of halogens is 1. The van der Waals surface area contributed by atoms with Crippen molar-refractivity contribution < 1.29 is 10.2 Å². The molecular weight excluding hydrogens is 334 g/mol. The van der Waals surface area contributed by atoms with Crippen LogP contribution in [0.2, 0.25) is 0 Å². The number of aliphatic hydroxyl groups is 2. The lowest BCUT2D eigenvalue weighted by Gasteiger charge is -2.24. The molecule has 0 spiro atoms. The second kappa shape index (κ2) is 20.2. The summed E-state index contributed by atoms with van der Waals surface area (Å²) in [5.41, 5.74) is 5.07. The number of rotatable bonds is 18. The lowest BCUT2D eigenvalue weighted by Crippen LogP contribution is -2.47. The summed E-state index contributed by atoms with van der Waals surface area (Å²) < 4.78 is 0. The van der Waals surface area contributed by atoms with Crippen molar-refractivity contribution in [1.82, 2.24) is 0 Å². The fraction of sp³-hybridized carbons (Fsp3) is 0.905. The van der Waals surface area contributed by atoms with Gasteiger partial charge in [0, 0.05) is 0 Å². The summed E-state index contributed by atoms with van der Waals surface area (Å²) in [5.74, 6) is 0. The molecule has 0 fully saturated rings. The van der Waals surface area contributed by atoms with Crippen LogP contribution in [-0.2, 0) is 0 Å². The molecule has 0 aromatic carbocycles. The van der Waals surface area contributed by atoms with E-state index in [9.17, 15) is 0 Å². The maximum absolute atomic E-state index is 9.12. The van der Waals surface area contributed by atoms with Crippen LogP contribution < -0.4 is 5.73 Å². The van der Waals surface area contributed by atoms with Crippen molar-refractivity contribution in [3.63, 3.8) is 0 Å². The van der Waals surface area contributed by atoms with Gasteiger partial charge >= 0.3 is 0 Å². The Bertz CT molecular complexity index is 281. The van der Waals surface area contributed by atoms with Crippen LogP contribution in [-0.4, -0.2) is 29.0 Å². The highest BCUT2D eigenvalue weighted by Gasteiger charge is 2.21. The minimum Gasteiger partial charge on any atom is -0.394 e. The van der Waals surface area contributed by atoms with Gasteiger partial charge in [-0.3, -0.25) is 0 Å². The van der Waals surface area contributed by atoms with Crippen LogP contribution in [0.1, 0.15) is 103 Å². The van der Waals surface area contributed by atoms with E-state index in [0.29, 0.717) is 6.42 Å². The van der Waals surface area contributed by atoms with Crippen LogP contribution in [0.15, 0.2) is 12.2 Å². The molecule has 4 heteroatoms. The second-order valence-electron chi connectivity index (χ2n) is 7.37. The van der Waals surface area contributed by atoms with Gasteiger partial charge < -0.3 is 15.9 Å². The predicted molar refractivity (Wildman–Crippen MR) is 112 cm³/mol. The van der Waals surface area contributed by atoms with Gasteiger partial charge in [0.1, 0.15) is 0 Å². The predicted octanol–water partition coefficient (Wildman–Crippen LogP) is 5.52. The second-order valence-corrected chi connectivity index (χ2v) is 7.37. The Balaban J connectivity index is 0. The van der Waals surface area contributed by atoms with Crippen LogP contribution in [0.5, 0.6) is 0 Å². The highest BCUT2D eigenvalue weighted by molar-refractivity contribution is 5.85. The number of unbranched alkanes of at least 4 members (excludes halogenated alkanes) is 12. The molecule has 0 rings (SSSR count). The van der Waals surface area contributed by atoms with Crippen molar-refractivity contribution in [3.8, 4) is 0 Å². The summed E-state index contributed by atoms with van der Waals surface area (Å²) in [5, 5.41) is 18.2. The topological polar surface area (TPSA) is 66.5 Å². The van der Waals surface area contributed by atoms with Crippen molar-refractivity contribution >= 4 is 12.4 Å². The lowest BCUT2D eigenvalue weighted by molar-refractivity contribution is 0.112. The van der Waals surface area contributed by atoms with E-state index in [1.807, 2.05) is 0 Å². The zero-order valence-corrected chi connectivity index (χ0v) is 17.4. The number of nitrogens with two attached hydrogens (primary N) is 1. The van der Waals surface area contributed by atoms with E-state index in [4.69, 9.17) is 15.9 Å². The fourth-order valence-corrected chi connectivity index (χ4v) is 2.93. The van der Waals surface area contributed by atoms with Crippen molar-refractivity contribution in [2.45, 2.75) is 109 Å². The standard InChI is InChI=1S/C21H43NO2.ClH/c1-2-3-4-5-6-7-8-9-10-11-12-13-14-15-16-17-18-21(22,19-23)20-24;/h9-10,23-24H,2-8,11-20,22H2,1H3;1H. The summed E-state index contributed by atoms with van der Waals surface area (Å²) in [7, 11) is 0. The summed E-state index contributed by atoms with van der Waals surface area (Å²) in [6, 6.07) is 0. The molecule has 0 atom stereocenters. The molecule has 0 heterocycles. The number of hydrogen-bond donors (Lipinski definition) is 3. The van der Waals surface area contributed by atoms with E-state index in [2.05, 4.69) is 19.1 Å². The van der Waals surface area contributed by atoms with Gasteiger partial charge in [-0.15, -0.1) is 12.4 Å². The van der Waals surface area contributed by atoms with Crippen molar-refractivity contribution in [2.24, 2.45) is 5.73 Å². The molecule has 0 aromatic rings. The molecule has 0 bridgehead atoms. The molecule has 0 aromatic heterocycles. The average Bonchev–Trinajstić information content (AvgIpc) is 2.61. The Hall–Kier alpha value is -0.0900. The van der Waals surface area contributed by atoms with Crippen LogP contribution in [0.25, 0.3) is 0 Å². The average molecular weight is 378 g/mol. The van der Waals surface area contributed by atoms with Gasteiger partial charge in [-0.05, 0) is 32.1 Å². The largest absolute Gasteiger partial charge is 0.394 e. The molecule has 152 valence electrons.